The number of halogens is 1. The van der Waals surface area contributed by atoms with Crippen LogP contribution in [0.2, 0.25) is 0 Å². The molecule has 4 nitrogen and oxygen atoms in total. The van der Waals surface area contributed by atoms with Crippen molar-refractivity contribution < 1.29 is 9.66 Å². The lowest BCUT2D eigenvalue weighted by Gasteiger charge is -2.05. The third-order valence-corrected chi connectivity index (χ3v) is 3.48. The molecule has 0 N–H and O–H groups in total. The molecule has 1 saturated carbocycles. The average molecular weight is 286 g/mol. The Morgan fingerprint density at radius 1 is 1.50 bits per heavy atom. The van der Waals surface area contributed by atoms with Crippen LogP contribution in [0, 0.1) is 16.0 Å². The fraction of sp³-hybridized carbons (Fsp3) is 0.455. The topological polar surface area (TPSA) is 52.4 Å². The molecule has 0 unspecified atom stereocenters. The second-order valence-electron chi connectivity index (χ2n) is 3.97. The number of nitro groups is 1. The third-order valence-electron chi connectivity index (χ3n) is 2.56. The summed E-state index contributed by atoms with van der Waals surface area (Å²) in [6, 6.07) is 5.00. The minimum absolute atomic E-state index is 0.0903. The van der Waals surface area contributed by atoms with E-state index in [1.165, 1.54) is 18.9 Å². The van der Waals surface area contributed by atoms with Gasteiger partial charge >= 0.3 is 0 Å². The Bertz CT molecular complexity index is 404. The third kappa shape index (κ3) is 2.80. The van der Waals surface area contributed by atoms with Crippen molar-refractivity contribution in [2.75, 3.05) is 6.61 Å². The first-order valence-electron chi connectivity index (χ1n) is 5.18. The highest BCUT2D eigenvalue weighted by molar-refractivity contribution is 9.10. The Labute approximate surface area is 102 Å². The molecule has 0 aliphatic heterocycles. The van der Waals surface area contributed by atoms with Gasteiger partial charge < -0.3 is 4.74 Å². The van der Waals surface area contributed by atoms with Crippen LogP contribution in [0.1, 0.15) is 18.4 Å². The van der Waals surface area contributed by atoms with E-state index >= 15 is 0 Å². The number of benzene rings is 1. The molecular weight excluding hydrogens is 274 g/mol. The Hall–Kier alpha value is -0.940. The molecule has 5 heteroatoms. The van der Waals surface area contributed by atoms with Crippen molar-refractivity contribution in [3.05, 3.63) is 38.3 Å². The van der Waals surface area contributed by atoms with Gasteiger partial charge in [-0.2, -0.15) is 0 Å². The van der Waals surface area contributed by atoms with Crippen LogP contribution in [-0.2, 0) is 11.3 Å². The van der Waals surface area contributed by atoms with Crippen molar-refractivity contribution in [3.63, 3.8) is 0 Å². The van der Waals surface area contributed by atoms with Crippen molar-refractivity contribution in [2.45, 2.75) is 19.4 Å². The molecule has 1 fully saturated rings. The lowest BCUT2D eigenvalue weighted by atomic mass is 10.2. The van der Waals surface area contributed by atoms with Crippen molar-refractivity contribution in [3.8, 4) is 0 Å². The van der Waals surface area contributed by atoms with Gasteiger partial charge in [0.05, 0.1) is 11.5 Å². The zero-order valence-corrected chi connectivity index (χ0v) is 10.3. The Balaban J connectivity index is 2.01. The summed E-state index contributed by atoms with van der Waals surface area (Å²) < 4.78 is 6.03. The number of hydrogen-bond donors (Lipinski definition) is 0. The normalized spacial score (nSPS) is 15.1. The molecule has 0 saturated heterocycles. The summed E-state index contributed by atoms with van der Waals surface area (Å²) in [5, 5.41) is 10.7. The second-order valence-corrected chi connectivity index (χ2v) is 4.76. The molecule has 0 bridgehead atoms. The lowest BCUT2D eigenvalue weighted by molar-refractivity contribution is -0.385. The molecule has 0 heterocycles. The smallest absolute Gasteiger partial charge is 0.283 e. The van der Waals surface area contributed by atoms with Gasteiger partial charge in [0.1, 0.15) is 4.47 Å². The molecule has 16 heavy (non-hydrogen) atoms. The first kappa shape index (κ1) is 11.5. The van der Waals surface area contributed by atoms with Crippen LogP contribution in [0.5, 0.6) is 0 Å². The van der Waals surface area contributed by atoms with Crippen LogP contribution >= 0.6 is 15.9 Å². The quantitative estimate of drug-likeness (QED) is 0.616. The summed E-state index contributed by atoms with van der Waals surface area (Å²) in [5.41, 5.74) is 0.919. The molecule has 86 valence electrons. The molecule has 2 rings (SSSR count). The highest BCUT2D eigenvalue weighted by atomic mass is 79.9. The zero-order valence-electron chi connectivity index (χ0n) is 8.69. The number of nitrogens with zero attached hydrogens (tertiary/aromatic N) is 1. The summed E-state index contributed by atoms with van der Waals surface area (Å²) in [4.78, 5) is 10.3. The van der Waals surface area contributed by atoms with Crippen molar-refractivity contribution in [2.24, 2.45) is 5.92 Å². The van der Waals surface area contributed by atoms with Crippen LogP contribution in [-0.4, -0.2) is 11.5 Å². The van der Waals surface area contributed by atoms with Gasteiger partial charge in [-0.05, 0) is 40.3 Å². The first-order chi connectivity index (χ1) is 7.68. The summed E-state index contributed by atoms with van der Waals surface area (Å²) in [6.45, 7) is 1.19. The number of nitro benzene ring substituents is 1. The maximum Gasteiger partial charge on any atom is 0.283 e. The largest absolute Gasteiger partial charge is 0.376 e. The van der Waals surface area contributed by atoms with Crippen LogP contribution in [0.15, 0.2) is 22.7 Å². The van der Waals surface area contributed by atoms with Crippen molar-refractivity contribution >= 4 is 21.6 Å². The van der Waals surface area contributed by atoms with Crippen LogP contribution in [0.4, 0.5) is 5.69 Å². The van der Waals surface area contributed by atoms with Crippen LogP contribution in [0.25, 0.3) is 0 Å². The van der Waals surface area contributed by atoms with Gasteiger partial charge in [0.15, 0.2) is 0 Å². The molecule has 0 amide bonds. The zero-order chi connectivity index (χ0) is 11.5. The molecule has 1 aliphatic rings. The molecule has 0 aromatic heterocycles. The van der Waals surface area contributed by atoms with Crippen molar-refractivity contribution in [1.82, 2.24) is 0 Å². The Morgan fingerprint density at radius 2 is 2.25 bits per heavy atom. The standard InChI is InChI=1S/C11H12BrNO3/c12-11-9(7-16-6-8-4-5-8)2-1-3-10(11)13(14)15/h1-3,8H,4-7H2. The maximum absolute atomic E-state index is 10.7. The van der Waals surface area contributed by atoms with E-state index in [4.69, 9.17) is 4.74 Å². The SMILES string of the molecule is O=[N+]([O-])c1cccc(COCC2CC2)c1Br. The van der Waals surface area contributed by atoms with E-state index in [0.717, 1.165) is 12.2 Å². The summed E-state index contributed by atoms with van der Waals surface area (Å²) >= 11 is 3.24. The highest BCUT2D eigenvalue weighted by Gasteiger charge is 2.21. The first-order valence-corrected chi connectivity index (χ1v) is 5.97. The fourth-order valence-electron chi connectivity index (χ4n) is 1.44. The Morgan fingerprint density at radius 3 is 2.88 bits per heavy atom. The maximum atomic E-state index is 10.7. The van der Waals surface area contributed by atoms with Gasteiger partial charge in [-0.15, -0.1) is 0 Å². The lowest BCUT2D eigenvalue weighted by Crippen LogP contribution is -1.99. The van der Waals surface area contributed by atoms with E-state index in [-0.39, 0.29) is 5.69 Å². The highest BCUT2D eigenvalue weighted by Crippen LogP contribution is 2.31. The molecule has 1 aromatic carbocycles. The van der Waals surface area contributed by atoms with E-state index < -0.39 is 4.92 Å². The van der Waals surface area contributed by atoms with Crippen LogP contribution < -0.4 is 0 Å². The Kier molecular flexibility index (Phi) is 3.56. The molecule has 0 atom stereocenters. The monoisotopic (exact) mass is 285 g/mol. The minimum Gasteiger partial charge on any atom is -0.376 e. The van der Waals surface area contributed by atoms with Gasteiger partial charge in [-0.3, -0.25) is 10.1 Å². The van der Waals surface area contributed by atoms with E-state index in [9.17, 15) is 10.1 Å². The van der Waals surface area contributed by atoms with Crippen molar-refractivity contribution in [1.29, 1.82) is 0 Å². The molecule has 1 aromatic rings. The summed E-state index contributed by atoms with van der Waals surface area (Å²) in [5.74, 6) is 0.706. The minimum atomic E-state index is -0.394. The molecule has 0 radical (unpaired) electrons. The van der Waals surface area contributed by atoms with Gasteiger partial charge in [0, 0.05) is 12.7 Å². The van der Waals surface area contributed by atoms with E-state index in [2.05, 4.69) is 15.9 Å². The number of hydrogen-bond acceptors (Lipinski definition) is 3. The fourth-order valence-corrected chi connectivity index (χ4v) is 1.96. The van der Waals surface area contributed by atoms with Gasteiger partial charge in [0.25, 0.3) is 5.69 Å². The molecular formula is C11H12BrNO3. The van der Waals surface area contributed by atoms with E-state index in [0.29, 0.717) is 17.0 Å². The average Bonchev–Trinajstić information content (AvgIpc) is 3.04. The van der Waals surface area contributed by atoms with Gasteiger partial charge in [-0.1, -0.05) is 12.1 Å². The van der Waals surface area contributed by atoms with E-state index in [1.807, 2.05) is 6.07 Å². The summed E-state index contributed by atoms with van der Waals surface area (Å²) in [7, 11) is 0. The van der Waals surface area contributed by atoms with Gasteiger partial charge in [0.2, 0.25) is 0 Å². The molecule has 1 aliphatic carbocycles. The molecule has 0 spiro atoms. The number of rotatable bonds is 5. The summed E-state index contributed by atoms with van der Waals surface area (Å²) in [6.07, 6.45) is 2.49. The second kappa shape index (κ2) is 4.93. The van der Waals surface area contributed by atoms with Gasteiger partial charge in [-0.25, -0.2) is 0 Å². The van der Waals surface area contributed by atoms with Crippen LogP contribution in [0.3, 0.4) is 0 Å². The van der Waals surface area contributed by atoms with E-state index in [1.54, 1.807) is 6.07 Å². The number of ether oxygens (including phenoxy) is 1. The predicted octanol–water partition coefficient (Wildman–Crippen LogP) is 3.28. The predicted molar refractivity (Wildman–Crippen MR) is 63.2 cm³/mol.